The van der Waals surface area contributed by atoms with E-state index in [9.17, 15) is 0 Å². The minimum absolute atomic E-state index is 0.845. The van der Waals surface area contributed by atoms with Crippen LogP contribution in [0.5, 0.6) is 0 Å². The van der Waals surface area contributed by atoms with E-state index in [2.05, 4.69) is 27.2 Å². The third kappa shape index (κ3) is 2.00. The monoisotopic (exact) mass is 208 g/mol. The Balaban J connectivity index is 2.10. The maximum absolute atomic E-state index is 4.30. The third-order valence-corrected chi connectivity index (χ3v) is 2.81. The van der Waals surface area contributed by atoms with Crippen LogP contribution in [-0.2, 0) is 6.54 Å². The lowest BCUT2D eigenvalue weighted by atomic mass is 10.5. The van der Waals surface area contributed by atoms with Crippen molar-refractivity contribution in [2.45, 2.75) is 13.5 Å². The van der Waals surface area contributed by atoms with Crippen LogP contribution in [0.25, 0.3) is 10.8 Å². The fourth-order valence-electron chi connectivity index (χ4n) is 1.13. The minimum atomic E-state index is 0.845. The number of aromatic nitrogens is 3. The fourth-order valence-corrected chi connectivity index (χ4v) is 1.97. The van der Waals surface area contributed by atoms with Gasteiger partial charge in [0.2, 0.25) is 0 Å². The summed E-state index contributed by atoms with van der Waals surface area (Å²) in [7, 11) is 0. The second-order valence-electron chi connectivity index (χ2n) is 2.85. The molecular weight excluding hydrogens is 196 g/mol. The summed E-state index contributed by atoms with van der Waals surface area (Å²) < 4.78 is 0. The van der Waals surface area contributed by atoms with Gasteiger partial charge in [0.1, 0.15) is 0 Å². The zero-order valence-electron chi connectivity index (χ0n) is 7.95. The lowest BCUT2D eigenvalue weighted by molar-refractivity contribution is 0.734. The minimum Gasteiger partial charge on any atom is -0.343 e. The summed E-state index contributed by atoms with van der Waals surface area (Å²) in [5, 5.41) is 4.21. The number of imidazole rings is 1. The average Bonchev–Trinajstić information content (AvgIpc) is 2.85. The molecule has 2 heterocycles. The summed E-state index contributed by atoms with van der Waals surface area (Å²) in [5.74, 6) is 0.845. The highest BCUT2D eigenvalue weighted by molar-refractivity contribution is 7.14. The highest BCUT2D eigenvalue weighted by Crippen LogP contribution is 2.21. The van der Waals surface area contributed by atoms with E-state index in [1.165, 1.54) is 4.88 Å². The van der Waals surface area contributed by atoms with Crippen LogP contribution in [0.3, 0.4) is 0 Å². The molecule has 2 rings (SSSR count). The smallest absolute Gasteiger partial charge is 0.166 e. The van der Waals surface area contributed by atoms with Crippen LogP contribution < -0.4 is 5.32 Å². The molecule has 0 fully saturated rings. The molecule has 0 aliphatic rings. The Morgan fingerprint density at radius 1 is 1.50 bits per heavy atom. The van der Waals surface area contributed by atoms with Crippen LogP contribution in [-0.4, -0.2) is 21.5 Å². The van der Waals surface area contributed by atoms with Gasteiger partial charge >= 0.3 is 0 Å². The largest absolute Gasteiger partial charge is 0.343 e. The Hall–Kier alpha value is -1.20. The van der Waals surface area contributed by atoms with E-state index in [-0.39, 0.29) is 0 Å². The number of nitrogens with one attached hydrogen (secondary N) is 2. The molecule has 0 saturated heterocycles. The van der Waals surface area contributed by atoms with E-state index >= 15 is 0 Å². The first-order chi connectivity index (χ1) is 6.90. The number of thiazole rings is 1. The summed E-state index contributed by atoms with van der Waals surface area (Å²) in [5.41, 5.74) is 0. The molecule has 4 nitrogen and oxygen atoms in total. The Bertz CT molecular complexity index is 379. The first-order valence-corrected chi connectivity index (χ1v) is 5.37. The van der Waals surface area contributed by atoms with Crippen molar-refractivity contribution in [1.29, 1.82) is 0 Å². The number of rotatable bonds is 4. The first-order valence-electron chi connectivity index (χ1n) is 4.55. The molecule has 2 N–H and O–H groups in total. The van der Waals surface area contributed by atoms with Crippen molar-refractivity contribution in [2.24, 2.45) is 0 Å². The molecule has 0 atom stereocenters. The van der Waals surface area contributed by atoms with Crippen LogP contribution in [0.2, 0.25) is 0 Å². The number of hydrogen-bond donors (Lipinski definition) is 2. The van der Waals surface area contributed by atoms with Gasteiger partial charge in [0.05, 0.1) is 0 Å². The van der Waals surface area contributed by atoms with Gasteiger partial charge in [0.15, 0.2) is 10.8 Å². The quantitative estimate of drug-likeness (QED) is 0.803. The van der Waals surface area contributed by atoms with E-state index in [0.29, 0.717) is 0 Å². The van der Waals surface area contributed by atoms with Gasteiger partial charge in [0.25, 0.3) is 0 Å². The Morgan fingerprint density at radius 2 is 2.43 bits per heavy atom. The van der Waals surface area contributed by atoms with E-state index in [0.717, 1.165) is 23.9 Å². The Morgan fingerprint density at radius 3 is 3.14 bits per heavy atom. The number of hydrogen-bond acceptors (Lipinski definition) is 4. The SMILES string of the molecule is CCNCc1cnc(-c2ncc[nH]2)s1. The standard InChI is InChI=1S/C9H12N4S/c1-2-10-5-7-6-13-9(14-7)8-11-3-4-12-8/h3-4,6,10H,2,5H2,1H3,(H,11,12). The Kier molecular flexibility index (Phi) is 2.90. The predicted molar refractivity (Wildman–Crippen MR) is 57.1 cm³/mol. The predicted octanol–water partition coefficient (Wildman–Crippen LogP) is 1.64. The van der Waals surface area contributed by atoms with Crippen molar-refractivity contribution < 1.29 is 0 Å². The van der Waals surface area contributed by atoms with Crippen molar-refractivity contribution >= 4 is 11.3 Å². The van der Waals surface area contributed by atoms with Crippen LogP contribution in [0.4, 0.5) is 0 Å². The van der Waals surface area contributed by atoms with Crippen LogP contribution in [0, 0.1) is 0 Å². The molecule has 0 saturated carbocycles. The lowest BCUT2D eigenvalue weighted by Gasteiger charge is -1.94. The molecule has 2 aromatic rings. The van der Waals surface area contributed by atoms with Gasteiger partial charge in [-0.15, -0.1) is 11.3 Å². The number of nitrogens with zero attached hydrogens (tertiary/aromatic N) is 2. The van der Waals surface area contributed by atoms with Gasteiger partial charge < -0.3 is 10.3 Å². The summed E-state index contributed by atoms with van der Waals surface area (Å²) in [6.45, 7) is 3.96. The van der Waals surface area contributed by atoms with Gasteiger partial charge in [-0.05, 0) is 6.54 Å². The second kappa shape index (κ2) is 4.34. The maximum atomic E-state index is 4.30. The van der Waals surface area contributed by atoms with E-state index in [1.54, 1.807) is 23.7 Å². The number of H-pyrrole nitrogens is 1. The molecule has 0 unspecified atom stereocenters. The summed E-state index contributed by atoms with van der Waals surface area (Å²) >= 11 is 1.66. The molecule has 14 heavy (non-hydrogen) atoms. The molecule has 5 heteroatoms. The second-order valence-corrected chi connectivity index (χ2v) is 3.97. The van der Waals surface area contributed by atoms with Crippen molar-refractivity contribution in [3.8, 4) is 10.8 Å². The van der Waals surface area contributed by atoms with Gasteiger partial charge in [-0.1, -0.05) is 6.92 Å². The molecule has 0 spiro atoms. The molecule has 0 bridgehead atoms. The van der Waals surface area contributed by atoms with Crippen molar-refractivity contribution in [1.82, 2.24) is 20.3 Å². The molecule has 74 valence electrons. The van der Waals surface area contributed by atoms with Crippen LogP contribution in [0.1, 0.15) is 11.8 Å². The zero-order chi connectivity index (χ0) is 9.80. The molecular formula is C9H12N4S. The van der Waals surface area contributed by atoms with E-state index in [4.69, 9.17) is 0 Å². The maximum Gasteiger partial charge on any atom is 0.166 e. The van der Waals surface area contributed by atoms with Crippen molar-refractivity contribution in [3.05, 3.63) is 23.5 Å². The molecule has 0 aliphatic heterocycles. The topological polar surface area (TPSA) is 53.6 Å². The van der Waals surface area contributed by atoms with Gasteiger partial charge in [-0.25, -0.2) is 9.97 Å². The van der Waals surface area contributed by atoms with Gasteiger partial charge in [-0.2, -0.15) is 0 Å². The summed E-state index contributed by atoms with van der Waals surface area (Å²) in [6, 6.07) is 0. The number of aromatic amines is 1. The molecule has 2 aromatic heterocycles. The van der Waals surface area contributed by atoms with Gasteiger partial charge in [-0.3, -0.25) is 0 Å². The highest BCUT2D eigenvalue weighted by atomic mass is 32.1. The van der Waals surface area contributed by atoms with Crippen molar-refractivity contribution in [2.75, 3.05) is 6.54 Å². The Labute approximate surface area is 86.4 Å². The first kappa shape index (κ1) is 9.36. The van der Waals surface area contributed by atoms with Crippen LogP contribution >= 0.6 is 11.3 Å². The van der Waals surface area contributed by atoms with E-state index in [1.807, 2.05) is 6.20 Å². The van der Waals surface area contributed by atoms with E-state index < -0.39 is 0 Å². The highest BCUT2D eigenvalue weighted by Gasteiger charge is 2.05. The lowest BCUT2D eigenvalue weighted by Crippen LogP contribution is -2.10. The molecule has 0 aromatic carbocycles. The molecule has 0 amide bonds. The fraction of sp³-hybridized carbons (Fsp3) is 0.333. The van der Waals surface area contributed by atoms with Crippen LogP contribution in [0.15, 0.2) is 18.6 Å². The molecule has 0 radical (unpaired) electrons. The average molecular weight is 208 g/mol. The zero-order valence-corrected chi connectivity index (χ0v) is 8.77. The summed E-state index contributed by atoms with van der Waals surface area (Å²) in [6.07, 6.45) is 5.44. The summed E-state index contributed by atoms with van der Waals surface area (Å²) in [4.78, 5) is 12.7. The third-order valence-electron chi connectivity index (χ3n) is 1.80. The van der Waals surface area contributed by atoms with Gasteiger partial charge in [0, 0.05) is 30.0 Å². The normalized spacial score (nSPS) is 10.6. The van der Waals surface area contributed by atoms with Crippen molar-refractivity contribution in [3.63, 3.8) is 0 Å². The molecule has 0 aliphatic carbocycles.